The molecule has 140 valence electrons. The molecule has 0 aliphatic rings. The highest BCUT2D eigenvalue weighted by Crippen LogP contribution is 2.31. The topological polar surface area (TPSA) is 43.4 Å². The highest BCUT2D eigenvalue weighted by molar-refractivity contribution is 7.91. The normalized spacial score (nSPS) is 11.5. The molecule has 0 N–H and O–H groups in total. The van der Waals surface area contributed by atoms with Gasteiger partial charge in [-0.2, -0.15) is 0 Å². The molecular weight excluding hydrogens is 368 g/mol. The second-order valence-electron chi connectivity index (χ2n) is 6.82. The Labute approximate surface area is 165 Å². The fraction of sp³-hybridized carbons (Fsp3) is 0.0833. The van der Waals surface area contributed by atoms with Crippen molar-refractivity contribution in [2.24, 2.45) is 0 Å². The van der Waals surface area contributed by atoms with Gasteiger partial charge in [-0.25, -0.2) is 8.42 Å². The quantitative estimate of drug-likeness (QED) is 0.425. The van der Waals surface area contributed by atoms with Crippen LogP contribution < -0.4 is 4.74 Å². The maximum absolute atomic E-state index is 13.0. The Morgan fingerprint density at radius 2 is 1.46 bits per heavy atom. The summed E-state index contributed by atoms with van der Waals surface area (Å²) in [4.78, 5) is 0.599. The predicted molar refractivity (Wildman–Crippen MR) is 112 cm³/mol. The second-order valence-corrected chi connectivity index (χ2v) is 8.74. The van der Waals surface area contributed by atoms with Gasteiger partial charge in [0.25, 0.3) is 0 Å². The van der Waals surface area contributed by atoms with Crippen LogP contribution >= 0.6 is 0 Å². The molecule has 4 heteroatoms. The summed E-state index contributed by atoms with van der Waals surface area (Å²) in [5.41, 5.74) is 1.65. The summed E-state index contributed by atoms with van der Waals surface area (Å²) in [6.07, 6.45) is 0. The van der Waals surface area contributed by atoms with Gasteiger partial charge in [-0.15, -0.1) is 0 Å². The average Bonchev–Trinajstić information content (AvgIpc) is 2.70. The summed E-state index contributed by atoms with van der Waals surface area (Å²) >= 11 is 0. The number of aryl methyl sites for hydroxylation is 2. The average molecular weight is 388 g/mol. The van der Waals surface area contributed by atoms with Gasteiger partial charge in [-0.05, 0) is 66.8 Å². The molecule has 0 fully saturated rings. The second kappa shape index (κ2) is 7.13. The SMILES string of the molecule is Cc1ccc(C)c(S(=O)(=O)c2ccc(Oc3cccc4ccccc34)cc2)c1. The predicted octanol–water partition coefficient (Wildman–Crippen LogP) is 6.08. The molecule has 0 saturated carbocycles. The van der Waals surface area contributed by atoms with E-state index in [0.29, 0.717) is 10.6 Å². The largest absolute Gasteiger partial charge is 0.457 e. The van der Waals surface area contributed by atoms with Crippen LogP contribution in [0.3, 0.4) is 0 Å². The van der Waals surface area contributed by atoms with Crippen molar-refractivity contribution in [3.63, 3.8) is 0 Å². The summed E-state index contributed by atoms with van der Waals surface area (Å²) in [6, 6.07) is 25.9. The lowest BCUT2D eigenvalue weighted by atomic mass is 10.1. The Bertz CT molecular complexity index is 1250. The Morgan fingerprint density at radius 3 is 2.25 bits per heavy atom. The van der Waals surface area contributed by atoms with Gasteiger partial charge in [-0.3, -0.25) is 0 Å². The molecule has 0 spiro atoms. The van der Waals surface area contributed by atoms with Gasteiger partial charge in [0.2, 0.25) is 9.84 Å². The van der Waals surface area contributed by atoms with Gasteiger partial charge in [0.15, 0.2) is 0 Å². The van der Waals surface area contributed by atoms with E-state index >= 15 is 0 Å². The van der Waals surface area contributed by atoms with E-state index in [-0.39, 0.29) is 4.90 Å². The van der Waals surface area contributed by atoms with Gasteiger partial charge >= 0.3 is 0 Å². The third-order valence-electron chi connectivity index (χ3n) is 4.74. The first kappa shape index (κ1) is 18.3. The number of ether oxygens (including phenoxy) is 1. The van der Waals surface area contributed by atoms with Crippen molar-refractivity contribution in [1.29, 1.82) is 0 Å². The first-order valence-corrected chi connectivity index (χ1v) is 10.5. The number of benzene rings is 4. The molecule has 0 aromatic heterocycles. The van der Waals surface area contributed by atoms with E-state index in [1.54, 1.807) is 30.3 Å². The molecule has 28 heavy (non-hydrogen) atoms. The fourth-order valence-corrected chi connectivity index (χ4v) is 4.80. The Kier molecular flexibility index (Phi) is 4.65. The lowest BCUT2D eigenvalue weighted by molar-refractivity contribution is 0.488. The summed E-state index contributed by atoms with van der Waals surface area (Å²) < 4.78 is 32.0. The van der Waals surface area contributed by atoms with Crippen molar-refractivity contribution in [3.8, 4) is 11.5 Å². The summed E-state index contributed by atoms with van der Waals surface area (Å²) in [5, 5.41) is 2.10. The highest BCUT2D eigenvalue weighted by Gasteiger charge is 2.20. The molecule has 0 atom stereocenters. The van der Waals surface area contributed by atoms with Gasteiger partial charge in [0, 0.05) is 5.39 Å². The van der Waals surface area contributed by atoms with Crippen LogP contribution in [0.25, 0.3) is 10.8 Å². The van der Waals surface area contributed by atoms with Gasteiger partial charge in [0.05, 0.1) is 9.79 Å². The minimum atomic E-state index is -3.57. The zero-order chi connectivity index (χ0) is 19.7. The van der Waals surface area contributed by atoms with Crippen LogP contribution in [-0.2, 0) is 9.84 Å². The molecule has 0 saturated heterocycles. The minimum Gasteiger partial charge on any atom is -0.457 e. The van der Waals surface area contributed by atoms with E-state index in [9.17, 15) is 8.42 Å². The van der Waals surface area contributed by atoms with Crippen LogP contribution in [0.1, 0.15) is 11.1 Å². The molecular formula is C24H20O3S. The van der Waals surface area contributed by atoms with Crippen LogP contribution in [0.4, 0.5) is 0 Å². The lowest BCUT2D eigenvalue weighted by Gasteiger charge is -2.11. The number of fused-ring (bicyclic) bond motifs is 1. The lowest BCUT2D eigenvalue weighted by Crippen LogP contribution is -2.04. The van der Waals surface area contributed by atoms with Crippen molar-refractivity contribution >= 4 is 20.6 Å². The molecule has 0 aliphatic carbocycles. The van der Waals surface area contributed by atoms with Crippen molar-refractivity contribution in [2.45, 2.75) is 23.6 Å². The maximum Gasteiger partial charge on any atom is 0.206 e. The van der Waals surface area contributed by atoms with Gasteiger partial charge in [-0.1, -0.05) is 48.5 Å². The molecule has 0 bridgehead atoms. The van der Waals surface area contributed by atoms with E-state index in [4.69, 9.17) is 4.74 Å². The number of hydrogen-bond acceptors (Lipinski definition) is 3. The first-order valence-electron chi connectivity index (χ1n) is 9.03. The third kappa shape index (κ3) is 3.39. The molecule has 4 aromatic rings. The molecule has 0 aliphatic heterocycles. The molecule has 0 amide bonds. The van der Waals surface area contributed by atoms with E-state index < -0.39 is 9.84 Å². The van der Waals surface area contributed by atoms with Crippen molar-refractivity contribution in [1.82, 2.24) is 0 Å². The Morgan fingerprint density at radius 1 is 0.750 bits per heavy atom. The summed E-state index contributed by atoms with van der Waals surface area (Å²) in [6.45, 7) is 3.70. The monoisotopic (exact) mass is 388 g/mol. The van der Waals surface area contributed by atoms with Crippen LogP contribution in [0.15, 0.2) is 94.7 Å². The number of sulfone groups is 1. The Balaban J connectivity index is 1.66. The highest BCUT2D eigenvalue weighted by atomic mass is 32.2. The van der Waals surface area contributed by atoms with Gasteiger partial charge in [0.1, 0.15) is 11.5 Å². The van der Waals surface area contributed by atoms with Crippen LogP contribution in [0, 0.1) is 13.8 Å². The first-order chi connectivity index (χ1) is 13.4. The van der Waals surface area contributed by atoms with Crippen molar-refractivity contribution < 1.29 is 13.2 Å². The minimum absolute atomic E-state index is 0.256. The van der Waals surface area contributed by atoms with E-state index in [2.05, 4.69) is 0 Å². The molecule has 3 nitrogen and oxygen atoms in total. The maximum atomic E-state index is 13.0. The van der Waals surface area contributed by atoms with Gasteiger partial charge < -0.3 is 4.74 Å². The zero-order valence-electron chi connectivity index (χ0n) is 15.7. The number of hydrogen-bond donors (Lipinski definition) is 0. The van der Waals surface area contributed by atoms with E-state index in [1.807, 2.05) is 68.4 Å². The molecule has 0 unspecified atom stereocenters. The fourth-order valence-electron chi connectivity index (χ4n) is 3.22. The van der Waals surface area contributed by atoms with E-state index in [1.165, 1.54) is 0 Å². The molecule has 4 rings (SSSR count). The summed E-state index contributed by atoms with van der Waals surface area (Å²) in [5.74, 6) is 1.33. The number of rotatable bonds is 4. The molecule has 0 heterocycles. The third-order valence-corrected chi connectivity index (χ3v) is 6.66. The van der Waals surface area contributed by atoms with E-state index in [0.717, 1.165) is 27.6 Å². The smallest absolute Gasteiger partial charge is 0.206 e. The standard InChI is InChI=1S/C24H20O3S/c1-17-10-11-18(2)24(16-17)28(25,26)21-14-12-20(13-15-21)27-23-9-5-7-19-6-3-4-8-22(19)23/h3-16H,1-2H3. The molecule has 4 aromatic carbocycles. The van der Waals surface area contributed by atoms with Crippen LogP contribution in [-0.4, -0.2) is 8.42 Å². The van der Waals surface area contributed by atoms with Crippen molar-refractivity contribution in [3.05, 3.63) is 96.1 Å². The summed E-state index contributed by atoms with van der Waals surface area (Å²) in [7, 11) is -3.57. The Hall–Kier alpha value is -3.11. The zero-order valence-corrected chi connectivity index (χ0v) is 16.5. The van der Waals surface area contributed by atoms with Crippen LogP contribution in [0.5, 0.6) is 11.5 Å². The van der Waals surface area contributed by atoms with Crippen molar-refractivity contribution in [2.75, 3.05) is 0 Å². The molecule has 0 radical (unpaired) electrons. The van der Waals surface area contributed by atoms with Crippen LogP contribution in [0.2, 0.25) is 0 Å².